The van der Waals surface area contributed by atoms with E-state index in [4.69, 9.17) is 0 Å². The van der Waals surface area contributed by atoms with Crippen LogP contribution in [0.1, 0.15) is 31.2 Å². The van der Waals surface area contributed by atoms with E-state index in [1.807, 2.05) is 30.3 Å². The quantitative estimate of drug-likeness (QED) is 0.632. The first kappa shape index (κ1) is 15.4. The zero-order valence-electron chi connectivity index (χ0n) is 13.0. The van der Waals surface area contributed by atoms with Gasteiger partial charge in [0.15, 0.2) is 11.6 Å². The zero-order chi connectivity index (χ0) is 15.5. The predicted octanol–water partition coefficient (Wildman–Crippen LogP) is 5.76. The molecule has 0 saturated carbocycles. The van der Waals surface area contributed by atoms with Crippen molar-refractivity contribution in [3.8, 4) is 11.1 Å². The lowest BCUT2D eigenvalue weighted by Gasteiger charge is -2.29. The first-order valence-electron chi connectivity index (χ1n) is 8.24. The van der Waals surface area contributed by atoms with Gasteiger partial charge < -0.3 is 0 Å². The highest BCUT2D eigenvalue weighted by Gasteiger charge is 2.27. The molecule has 3 rings (SSSR count). The third-order valence-electron chi connectivity index (χ3n) is 5.05. The van der Waals surface area contributed by atoms with Crippen LogP contribution in [0.3, 0.4) is 0 Å². The summed E-state index contributed by atoms with van der Waals surface area (Å²) in [6.07, 6.45) is 2.04. The SMILES string of the molecule is CC[SiH]1CCC(c2c(-c3ccccc3)ccc(F)c2F)CC1. The smallest absolute Gasteiger partial charge is 0.162 e. The Morgan fingerprint density at radius 1 is 1.00 bits per heavy atom. The lowest BCUT2D eigenvalue weighted by Crippen LogP contribution is -2.20. The highest BCUT2D eigenvalue weighted by Crippen LogP contribution is 2.41. The average Bonchev–Trinajstić information content (AvgIpc) is 2.58. The van der Waals surface area contributed by atoms with Gasteiger partial charge in [0.1, 0.15) is 0 Å². The van der Waals surface area contributed by atoms with Gasteiger partial charge in [0.2, 0.25) is 0 Å². The molecule has 1 aliphatic rings. The Morgan fingerprint density at radius 3 is 2.32 bits per heavy atom. The molecule has 1 saturated heterocycles. The Kier molecular flexibility index (Phi) is 4.72. The van der Waals surface area contributed by atoms with Crippen molar-refractivity contribution in [1.82, 2.24) is 0 Å². The number of hydrogen-bond donors (Lipinski definition) is 0. The standard InChI is InChI=1S/C19H22F2Si/c1-2-22-12-10-15(11-13-22)18-16(8-9-17(20)19(18)21)14-6-4-3-5-7-14/h3-9,15,22H,2,10-13H2,1H3. The summed E-state index contributed by atoms with van der Waals surface area (Å²) >= 11 is 0. The van der Waals surface area contributed by atoms with E-state index in [1.165, 1.54) is 24.2 Å². The number of rotatable bonds is 3. The molecule has 0 aromatic heterocycles. The molecule has 1 heterocycles. The molecule has 0 aliphatic carbocycles. The van der Waals surface area contributed by atoms with Crippen LogP contribution in [-0.2, 0) is 0 Å². The van der Waals surface area contributed by atoms with Gasteiger partial charge in [0.05, 0.1) is 0 Å². The Balaban J connectivity index is 2.00. The van der Waals surface area contributed by atoms with Crippen molar-refractivity contribution in [1.29, 1.82) is 0 Å². The van der Waals surface area contributed by atoms with E-state index >= 15 is 0 Å². The summed E-state index contributed by atoms with van der Waals surface area (Å²) in [5.41, 5.74) is 2.45. The molecule has 116 valence electrons. The van der Waals surface area contributed by atoms with Crippen LogP contribution in [-0.4, -0.2) is 8.80 Å². The lowest BCUT2D eigenvalue weighted by molar-refractivity contribution is 0.478. The fraction of sp³-hybridized carbons (Fsp3) is 0.368. The molecule has 0 bridgehead atoms. The zero-order valence-corrected chi connectivity index (χ0v) is 14.1. The molecular weight excluding hydrogens is 294 g/mol. The summed E-state index contributed by atoms with van der Waals surface area (Å²) in [6.45, 7) is 2.27. The predicted molar refractivity (Wildman–Crippen MR) is 91.0 cm³/mol. The fourth-order valence-electron chi connectivity index (χ4n) is 3.69. The van der Waals surface area contributed by atoms with Gasteiger partial charge in [-0.15, -0.1) is 0 Å². The van der Waals surface area contributed by atoms with Gasteiger partial charge >= 0.3 is 0 Å². The van der Waals surface area contributed by atoms with Crippen LogP contribution in [0.15, 0.2) is 42.5 Å². The monoisotopic (exact) mass is 316 g/mol. The second-order valence-corrected chi connectivity index (χ2v) is 10.0. The number of benzene rings is 2. The van der Waals surface area contributed by atoms with Crippen LogP contribution >= 0.6 is 0 Å². The number of halogens is 2. The molecular formula is C19H22F2Si. The average molecular weight is 316 g/mol. The summed E-state index contributed by atoms with van der Waals surface area (Å²) in [5.74, 6) is -1.19. The van der Waals surface area contributed by atoms with Crippen LogP contribution in [0.25, 0.3) is 11.1 Å². The summed E-state index contributed by atoms with van der Waals surface area (Å²) < 4.78 is 28.4. The molecule has 2 aromatic carbocycles. The van der Waals surface area contributed by atoms with Gasteiger partial charge in [-0.2, -0.15) is 0 Å². The lowest BCUT2D eigenvalue weighted by atomic mass is 9.86. The van der Waals surface area contributed by atoms with E-state index in [0.29, 0.717) is 5.56 Å². The molecule has 22 heavy (non-hydrogen) atoms. The molecule has 0 nitrogen and oxygen atoms in total. The minimum absolute atomic E-state index is 0.168. The van der Waals surface area contributed by atoms with Crippen LogP contribution in [0.5, 0.6) is 0 Å². The molecule has 3 heteroatoms. The minimum Gasteiger partial charge on any atom is -0.204 e. The minimum atomic E-state index is -0.718. The molecule has 1 aliphatic heterocycles. The van der Waals surface area contributed by atoms with Gasteiger partial charge in [-0.1, -0.05) is 61.5 Å². The Hall–Kier alpha value is -1.48. The van der Waals surface area contributed by atoms with Crippen molar-refractivity contribution < 1.29 is 8.78 Å². The van der Waals surface area contributed by atoms with Crippen molar-refractivity contribution in [2.45, 2.75) is 43.8 Å². The van der Waals surface area contributed by atoms with E-state index in [1.54, 1.807) is 6.07 Å². The Labute approximate surface area is 132 Å². The first-order chi connectivity index (χ1) is 10.7. The fourth-order valence-corrected chi connectivity index (χ4v) is 6.55. The third kappa shape index (κ3) is 3.00. The maximum atomic E-state index is 14.5. The van der Waals surface area contributed by atoms with E-state index in [0.717, 1.165) is 24.0 Å². The second-order valence-electron chi connectivity index (χ2n) is 6.31. The molecule has 0 N–H and O–H groups in total. The highest BCUT2D eigenvalue weighted by molar-refractivity contribution is 6.58. The maximum absolute atomic E-state index is 14.5. The van der Waals surface area contributed by atoms with E-state index in [2.05, 4.69) is 6.92 Å². The van der Waals surface area contributed by atoms with Gasteiger partial charge in [-0.25, -0.2) is 8.78 Å². The molecule has 2 aromatic rings. The molecule has 1 fully saturated rings. The highest BCUT2D eigenvalue weighted by atomic mass is 28.3. The Bertz CT molecular complexity index is 631. The van der Waals surface area contributed by atoms with Gasteiger partial charge in [0, 0.05) is 14.4 Å². The van der Waals surface area contributed by atoms with Crippen LogP contribution < -0.4 is 0 Å². The molecule has 0 amide bonds. The van der Waals surface area contributed by atoms with Crippen molar-refractivity contribution >= 4 is 8.80 Å². The molecule has 0 spiro atoms. The topological polar surface area (TPSA) is 0 Å². The van der Waals surface area contributed by atoms with Gasteiger partial charge in [0.25, 0.3) is 0 Å². The molecule has 0 unspecified atom stereocenters. The van der Waals surface area contributed by atoms with Crippen molar-refractivity contribution in [3.05, 3.63) is 59.7 Å². The summed E-state index contributed by atoms with van der Waals surface area (Å²) in [6, 6.07) is 16.6. The van der Waals surface area contributed by atoms with E-state index in [-0.39, 0.29) is 5.92 Å². The summed E-state index contributed by atoms with van der Waals surface area (Å²) in [7, 11) is -0.601. The van der Waals surface area contributed by atoms with Crippen LogP contribution in [0.2, 0.25) is 18.1 Å². The van der Waals surface area contributed by atoms with Crippen molar-refractivity contribution in [2.24, 2.45) is 0 Å². The van der Waals surface area contributed by atoms with Gasteiger partial charge in [-0.3, -0.25) is 0 Å². The van der Waals surface area contributed by atoms with Crippen LogP contribution in [0.4, 0.5) is 8.78 Å². The summed E-state index contributed by atoms with van der Waals surface area (Å²) in [4.78, 5) is 0. The first-order valence-corrected chi connectivity index (χ1v) is 10.7. The van der Waals surface area contributed by atoms with Crippen LogP contribution in [0, 0.1) is 11.6 Å². The van der Waals surface area contributed by atoms with Crippen molar-refractivity contribution in [3.63, 3.8) is 0 Å². The van der Waals surface area contributed by atoms with Gasteiger partial charge in [-0.05, 0) is 36.0 Å². The molecule has 0 radical (unpaired) electrons. The maximum Gasteiger partial charge on any atom is 0.162 e. The molecule has 0 atom stereocenters. The van der Waals surface area contributed by atoms with E-state index in [9.17, 15) is 8.78 Å². The Morgan fingerprint density at radius 2 is 1.68 bits per heavy atom. The van der Waals surface area contributed by atoms with E-state index < -0.39 is 20.4 Å². The largest absolute Gasteiger partial charge is 0.204 e. The second kappa shape index (κ2) is 6.74. The van der Waals surface area contributed by atoms with Crippen molar-refractivity contribution in [2.75, 3.05) is 0 Å². The third-order valence-corrected chi connectivity index (χ3v) is 8.50. The summed E-state index contributed by atoms with van der Waals surface area (Å²) in [5, 5.41) is 0. The number of hydrogen-bond acceptors (Lipinski definition) is 0. The normalized spacial score (nSPS) is 21.8.